The summed E-state index contributed by atoms with van der Waals surface area (Å²) in [5.41, 5.74) is 5.65. The smallest absolute Gasteiger partial charge is 0.326 e. The second-order valence-electron chi connectivity index (χ2n) is 6.12. The van der Waals surface area contributed by atoms with Crippen LogP contribution < -0.4 is 21.7 Å². The summed E-state index contributed by atoms with van der Waals surface area (Å²) < 4.78 is 0. The lowest BCUT2D eigenvalue weighted by Gasteiger charge is -2.15. The first-order valence-electron chi connectivity index (χ1n) is 8.06. The van der Waals surface area contributed by atoms with Crippen molar-refractivity contribution in [1.29, 1.82) is 0 Å². The van der Waals surface area contributed by atoms with Gasteiger partial charge in [0.15, 0.2) is 0 Å². The van der Waals surface area contributed by atoms with Gasteiger partial charge in [0.25, 0.3) is 0 Å². The summed E-state index contributed by atoms with van der Waals surface area (Å²) in [6, 6.07) is -2.11. The highest BCUT2D eigenvalue weighted by Crippen LogP contribution is 2.02. The number of hydrogen-bond acceptors (Lipinski definition) is 6. The number of amides is 3. The van der Waals surface area contributed by atoms with Gasteiger partial charge in [-0.25, -0.2) is 4.79 Å². The molecule has 2 atom stereocenters. The van der Waals surface area contributed by atoms with Gasteiger partial charge < -0.3 is 31.9 Å². The highest BCUT2D eigenvalue weighted by molar-refractivity contribution is 5.90. The van der Waals surface area contributed by atoms with Crippen LogP contribution in [0.15, 0.2) is 0 Å². The molecule has 0 rings (SSSR count). The van der Waals surface area contributed by atoms with Crippen molar-refractivity contribution in [3.8, 4) is 0 Å². The lowest BCUT2D eigenvalue weighted by Crippen LogP contribution is -2.48. The molecule has 2 unspecified atom stereocenters. The van der Waals surface area contributed by atoms with Crippen LogP contribution in [0.3, 0.4) is 0 Å². The summed E-state index contributed by atoms with van der Waals surface area (Å²) in [4.78, 5) is 56.3. The minimum Gasteiger partial charge on any atom is -0.481 e. The Balaban J connectivity index is 4.20. The molecule has 11 nitrogen and oxygen atoms in total. The molecular formula is C15H26N4O7. The van der Waals surface area contributed by atoms with E-state index >= 15 is 0 Å². The van der Waals surface area contributed by atoms with E-state index in [0.29, 0.717) is 6.42 Å². The summed E-state index contributed by atoms with van der Waals surface area (Å²) in [5, 5.41) is 24.1. The summed E-state index contributed by atoms with van der Waals surface area (Å²) in [5.74, 6) is -4.28. The summed E-state index contributed by atoms with van der Waals surface area (Å²) in [6.45, 7) is 2.92. The number of nitrogens with two attached hydrogens (primary N) is 1. The molecule has 11 heteroatoms. The molecule has 0 radical (unpaired) electrons. The van der Waals surface area contributed by atoms with Crippen LogP contribution in [0.5, 0.6) is 0 Å². The molecule has 0 heterocycles. The first-order chi connectivity index (χ1) is 12.0. The van der Waals surface area contributed by atoms with Gasteiger partial charge in [0.1, 0.15) is 6.04 Å². The van der Waals surface area contributed by atoms with Gasteiger partial charge in [-0.15, -0.1) is 0 Å². The Morgan fingerprint density at radius 1 is 0.962 bits per heavy atom. The third kappa shape index (κ3) is 11.0. The fraction of sp³-hybridized carbons (Fsp3) is 0.667. The van der Waals surface area contributed by atoms with E-state index in [2.05, 4.69) is 16.0 Å². The molecular weight excluding hydrogens is 348 g/mol. The van der Waals surface area contributed by atoms with E-state index in [4.69, 9.17) is 15.9 Å². The number of nitrogens with one attached hydrogen (secondary N) is 3. The van der Waals surface area contributed by atoms with E-state index in [1.807, 2.05) is 13.8 Å². The average molecular weight is 374 g/mol. The van der Waals surface area contributed by atoms with Crippen LogP contribution >= 0.6 is 0 Å². The van der Waals surface area contributed by atoms with Crippen molar-refractivity contribution in [1.82, 2.24) is 16.0 Å². The largest absolute Gasteiger partial charge is 0.481 e. The lowest BCUT2D eigenvalue weighted by molar-refractivity contribution is -0.143. The monoisotopic (exact) mass is 374 g/mol. The van der Waals surface area contributed by atoms with Gasteiger partial charge in [0.05, 0.1) is 19.1 Å². The number of carbonyl (C=O) groups excluding carboxylic acids is 3. The lowest BCUT2D eigenvalue weighted by atomic mass is 10.0. The van der Waals surface area contributed by atoms with Gasteiger partial charge in [0.2, 0.25) is 17.7 Å². The highest BCUT2D eigenvalue weighted by atomic mass is 16.4. The summed E-state index contributed by atoms with van der Waals surface area (Å²) >= 11 is 0. The van der Waals surface area contributed by atoms with Gasteiger partial charge in [-0.05, 0) is 18.8 Å². The third-order valence-electron chi connectivity index (χ3n) is 3.21. The zero-order chi connectivity index (χ0) is 20.3. The van der Waals surface area contributed by atoms with E-state index < -0.39 is 54.7 Å². The molecule has 0 fully saturated rings. The fourth-order valence-corrected chi connectivity index (χ4v) is 1.93. The Hall–Kier alpha value is -2.69. The molecule has 0 aliphatic carbocycles. The maximum absolute atomic E-state index is 11.7. The molecule has 26 heavy (non-hydrogen) atoms. The standard InChI is InChI=1S/C15H26N4O7/c1-8(2)5-9(16)14(24)18-6-11(20)17-7-12(21)19-10(15(25)26)3-4-13(22)23/h8-10H,3-7,16H2,1-2H3,(H,17,20)(H,18,24)(H,19,21)(H,22,23)(H,25,26). The first kappa shape index (κ1) is 23.3. The Bertz CT molecular complexity index is 536. The zero-order valence-corrected chi connectivity index (χ0v) is 14.8. The molecule has 0 aromatic rings. The molecule has 0 aromatic carbocycles. The van der Waals surface area contributed by atoms with E-state index in [0.717, 1.165) is 0 Å². The van der Waals surface area contributed by atoms with Crippen LogP contribution in [0.1, 0.15) is 33.1 Å². The maximum atomic E-state index is 11.7. The van der Waals surface area contributed by atoms with Crippen molar-refractivity contribution < 1.29 is 34.2 Å². The van der Waals surface area contributed by atoms with Crippen molar-refractivity contribution in [3.05, 3.63) is 0 Å². The highest BCUT2D eigenvalue weighted by Gasteiger charge is 2.21. The van der Waals surface area contributed by atoms with Gasteiger partial charge in [0, 0.05) is 6.42 Å². The van der Waals surface area contributed by atoms with Crippen molar-refractivity contribution in [2.45, 2.75) is 45.2 Å². The summed E-state index contributed by atoms with van der Waals surface area (Å²) in [6.07, 6.45) is -0.247. The van der Waals surface area contributed by atoms with Crippen LogP contribution in [0, 0.1) is 5.92 Å². The van der Waals surface area contributed by atoms with E-state index in [1.54, 1.807) is 0 Å². The number of carboxylic acid groups (broad SMARTS) is 2. The van der Waals surface area contributed by atoms with Gasteiger partial charge >= 0.3 is 11.9 Å². The first-order valence-corrected chi connectivity index (χ1v) is 8.06. The Morgan fingerprint density at radius 2 is 1.54 bits per heavy atom. The van der Waals surface area contributed by atoms with Crippen molar-refractivity contribution in [3.63, 3.8) is 0 Å². The van der Waals surface area contributed by atoms with E-state index in [9.17, 15) is 24.0 Å². The molecule has 148 valence electrons. The minimum absolute atomic E-state index is 0.219. The number of rotatable bonds is 12. The van der Waals surface area contributed by atoms with Crippen molar-refractivity contribution in [2.75, 3.05) is 13.1 Å². The third-order valence-corrected chi connectivity index (χ3v) is 3.21. The number of hydrogen-bond donors (Lipinski definition) is 6. The molecule has 0 saturated heterocycles. The molecule has 0 aromatic heterocycles. The van der Waals surface area contributed by atoms with Crippen LogP contribution in [0.25, 0.3) is 0 Å². The Kier molecular flexibility index (Phi) is 10.6. The van der Waals surface area contributed by atoms with Crippen molar-refractivity contribution in [2.24, 2.45) is 11.7 Å². The van der Waals surface area contributed by atoms with Gasteiger partial charge in [-0.3, -0.25) is 19.2 Å². The molecule has 7 N–H and O–H groups in total. The van der Waals surface area contributed by atoms with E-state index in [1.165, 1.54) is 0 Å². The van der Waals surface area contributed by atoms with Gasteiger partial charge in [-0.1, -0.05) is 13.8 Å². The molecule has 0 saturated carbocycles. The molecule has 0 aliphatic rings. The number of carboxylic acids is 2. The van der Waals surface area contributed by atoms with Crippen LogP contribution in [-0.2, 0) is 24.0 Å². The number of aliphatic carboxylic acids is 2. The predicted octanol–water partition coefficient (Wildman–Crippen LogP) is -1.97. The zero-order valence-electron chi connectivity index (χ0n) is 14.8. The SMILES string of the molecule is CC(C)CC(N)C(=O)NCC(=O)NCC(=O)NC(CCC(=O)O)C(=O)O. The minimum atomic E-state index is -1.38. The molecule has 0 aliphatic heterocycles. The Morgan fingerprint density at radius 3 is 2.04 bits per heavy atom. The second-order valence-corrected chi connectivity index (χ2v) is 6.12. The van der Waals surface area contributed by atoms with Crippen LogP contribution in [-0.4, -0.2) is 65.0 Å². The molecule has 0 bridgehead atoms. The molecule has 3 amide bonds. The second kappa shape index (κ2) is 11.8. The number of carbonyl (C=O) groups is 5. The Labute approximate surface area is 150 Å². The topological polar surface area (TPSA) is 188 Å². The normalized spacial score (nSPS) is 12.8. The fourth-order valence-electron chi connectivity index (χ4n) is 1.93. The molecule has 0 spiro atoms. The van der Waals surface area contributed by atoms with Gasteiger partial charge in [-0.2, -0.15) is 0 Å². The summed E-state index contributed by atoms with van der Waals surface area (Å²) in [7, 11) is 0. The van der Waals surface area contributed by atoms with E-state index in [-0.39, 0.29) is 18.9 Å². The van der Waals surface area contributed by atoms with Crippen LogP contribution in [0.4, 0.5) is 0 Å². The average Bonchev–Trinajstić information content (AvgIpc) is 2.53. The maximum Gasteiger partial charge on any atom is 0.326 e. The predicted molar refractivity (Wildman–Crippen MR) is 89.9 cm³/mol. The van der Waals surface area contributed by atoms with Crippen molar-refractivity contribution >= 4 is 29.7 Å². The van der Waals surface area contributed by atoms with Crippen LogP contribution in [0.2, 0.25) is 0 Å². The quantitative estimate of drug-likeness (QED) is 0.227.